The first-order valence-corrected chi connectivity index (χ1v) is 5.79. The Balaban J connectivity index is 2.56. The van der Waals surface area contributed by atoms with Gasteiger partial charge in [-0.25, -0.2) is 0 Å². The van der Waals surface area contributed by atoms with E-state index < -0.39 is 5.97 Å². The topological polar surface area (TPSA) is 65.0 Å². The van der Waals surface area contributed by atoms with Crippen molar-refractivity contribution in [3.8, 4) is 17.2 Å². The zero-order chi connectivity index (χ0) is 12.4. The largest absolute Gasteiger partial charge is 0.495 e. The van der Waals surface area contributed by atoms with Gasteiger partial charge in [0, 0.05) is 6.07 Å². The molecule has 0 fully saturated rings. The molecule has 1 N–H and O–H groups in total. The fourth-order valence-corrected chi connectivity index (χ4v) is 2.34. The van der Waals surface area contributed by atoms with E-state index in [0.29, 0.717) is 40.5 Å². The van der Waals surface area contributed by atoms with Gasteiger partial charge >= 0.3 is 5.97 Å². The van der Waals surface area contributed by atoms with E-state index in [1.54, 1.807) is 6.07 Å². The monoisotopic (exact) mass is 302 g/mol. The second-order valence-electron chi connectivity index (χ2n) is 3.46. The van der Waals surface area contributed by atoms with Gasteiger partial charge < -0.3 is 19.3 Å². The van der Waals surface area contributed by atoms with Gasteiger partial charge in [0.1, 0.15) is 19.0 Å². The van der Waals surface area contributed by atoms with E-state index >= 15 is 0 Å². The first-order chi connectivity index (χ1) is 8.13. The maximum Gasteiger partial charge on any atom is 0.308 e. The molecule has 1 aliphatic rings. The van der Waals surface area contributed by atoms with Crippen LogP contribution in [-0.2, 0) is 11.2 Å². The third-order valence-corrected chi connectivity index (χ3v) is 2.96. The third kappa shape index (κ3) is 2.31. The van der Waals surface area contributed by atoms with Crippen LogP contribution in [0.3, 0.4) is 0 Å². The van der Waals surface area contributed by atoms with Crippen LogP contribution in [0.4, 0.5) is 0 Å². The summed E-state index contributed by atoms with van der Waals surface area (Å²) in [6, 6.07) is 1.72. The van der Waals surface area contributed by atoms with E-state index in [1.165, 1.54) is 7.11 Å². The lowest BCUT2D eigenvalue weighted by atomic mass is 10.1. The van der Waals surface area contributed by atoms with Gasteiger partial charge in [-0.15, -0.1) is 0 Å². The average Bonchev–Trinajstić information content (AvgIpc) is 2.28. The Morgan fingerprint density at radius 2 is 2.24 bits per heavy atom. The summed E-state index contributed by atoms with van der Waals surface area (Å²) in [5.74, 6) is 0.522. The predicted molar refractivity (Wildman–Crippen MR) is 63.0 cm³/mol. The Morgan fingerprint density at radius 3 is 2.88 bits per heavy atom. The lowest BCUT2D eigenvalue weighted by Crippen LogP contribution is -2.18. The van der Waals surface area contributed by atoms with Crippen molar-refractivity contribution in [3.05, 3.63) is 16.1 Å². The smallest absolute Gasteiger partial charge is 0.308 e. The standard InChI is InChI=1S/C11H11BrO5/c1-15-10-6(4-9(13)14)11-8(5-7(10)12)16-2-3-17-11/h5H,2-4H2,1H3,(H,13,14). The van der Waals surface area contributed by atoms with E-state index in [2.05, 4.69) is 15.9 Å². The molecule has 0 bridgehead atoms. The van der Waals surface area contributed by atoms with Crippen molar-refractivity contribution >= 4 is 21.9 Å². The van der Waals surface area contributed by atoms with Gasteiger partial charge in [-0.1, -0.05) is 0 Å². The van der Waals surface area contributed by atoms with Gasteiger partial charge in [-0.2, -0.15) is 0 Å². The second kappa shape index (κ2) is 4.83. The highest BCUT2D eigenvalue weighted by atomic mass is 79.9. The first kappa shape index (κ1) is 12.0. The van der Waals surface area contributed by atoms with Crippen molar-refractivity contribution in [1.29, 1.82) is 0 Å². The number of benzene rings is 1. The summed E-state index contributed by atoms with van der Waals surface area (Å²) in [6.45, 7) is 0.864. The number of hydrogen-bond acceptors (Lipinski definition) is 4. The van der Waals surface area contributed by atoms with Gasteiger partial charge in [0.2, 0.25) is 0 Å². The normalized spacial score (nSPS) is 13.3. The average molecular weight is 303 g/mol. The Hall–Kier alpha value is -1.43. The predicted octanol–water partition coefficient (Wildman–Crippen LogP) is 1.86. The number of hydrogen-bond donors (Lipinski definition) is 1. The minimum absolute atomic E-state index is 0.172. The molecule has 1 aromatic rings. The van der Waals surface area contributed by atoms with Crippen molar-refractivity contribution in [2.45, 2.75) is 6.42 Å². The van der Waals surface area contributed by atoms with E-state index in [0.717, 1.165) is 0 Å². The molecule has 0 aromatic heterocycles. The molecule has 17 heavy (non-hydrogen) atoms. The number of aliphatic carboxylic acids is 1. The number of halogens is 1. The summed E-state index contributed by atoms with van der Waals surface area (Å²) in [4.78, 5) is 10.9. The lowest BCUT2D eigenvalue weighted by Gasteiger charge is -2.23. The number of rotatable bonds is 3. The Kier molecular flexibility index (Phi) is 3.42. The SMILES string of the molecule is COc1c(Br)cc2c(c1CC(=O)O)OCCO2. The lowest BCUT2D eigenvalue weighted by molar-refractivity contribution is -0.136. The Labute approximate surface area is 106 Å². The molecule has 0 saturated heterocycles. The number of fused-ring (bicyclic) bond motifs is 1. The molecule has 1 heterocycles. The van der Waals surface area contributed by atoms with Crippen molar-refractivity contribution in [2.75, 3.05) is 20.3 Å². The van der Waals surface area contributed by atoms with Gasteiger partial charge in [0.05, 0.1) is 23.6 Å². The van der Waals surface area contributed by atoms with Crippen LogP contribution in [0.5, 0.6) is 17.2 Å². The van der Waals surface area contributed by atoms with Crippen LogP contribution in [-0.4, -0.2) is 31.4 Å². The molecule has 0 radical (unpaired) electrons. The number of carbonyl (C=O) groups is 1. The second-order valence-corrected chi connectivity index (χ2v) is 4.32. The van der Waals surface area contributed by atoms with Crippen molar-refractivity contribution < 1.29 is 24.1 Å². The van der Waals surface area contributed by atoms with Crippen LogP contribution >= 0.6 is 15.9 Å². The summed E-state index contributed by atoms with van der Waals surface area (Å²) >= 11 is 3.32. The summed E-state index contributed by atoms with van der Waals surface area (Å²) in [6.07, 6.45) is -0.172. The van der Waals surface area contributed by atoms with E-state index in [4.69, 9.17) is 19.3 Å². The molecule has 2 rings (SSSR count). The van der Waals surface area contributed by atoms with Crippen molar-refractivity contribution in [3.63, 3.8) is 0 Å². The minimum atomic E-state index is -0.947. The van der Waals surface area contributed by atoms with Crippen LogP contribution in [0.1, 0.15) is 5.56 Å². The summed E-state index contributed by atoms with van der Waals surface area (Å²) in [7, 11) is 1.49. The van der Waals surface area contributed by atoms with Crippen LogP contribution in [0.15, 0.2) is 10.5 Å². The molecule has 0 amide bonds. The molecule has 0 saturated carbocycles. The highest BCUT2D eigenvalue weighted by Crippen LogP contribution is 2.44. The molecule has 0 aliphatic carbocycles. The number of carboxylic acids is 1. The van der Waals surface area contributed by atoms with Crippen LogP contribution in [0.2, 0.25) is 0 Å². The highest BCUT2D eigenvalue weighted by molar-refractivity contribution is 9.10. The van der Waals surface area contributed by atoms with E-state index in [-0.39, 0.29) is 6.42 Å². The Morgan fingerprint density at radius 1 is 1.53 bits per heavy atom. The molecule has 6 heteroatoms. The summed E-state index contributed by atoms with van der Waals surface area (Å²) in [5, 5.41) is 8.91. The number of carboxylic acid groups (broad SMARTS) is 1. The van der Waals surface area contributed by atoms with E-state index in [9.17, 15) is 4.79 Å². The third-order valence-electron chi connectivity index (χ3n) is 2.37. The zero-order valence-corrected chi connectivity index (χ0v) is 10.7. The van der Waals surface area contributed by atoms with E-state index in [1.807, 2.05) is 0 Å². The van der Waals surface area contributed by atoms with Crippen molar-refractivity contribution in [2.24, 2.45) is 0 Å². The summed E-state index contributed by atoms with van der Waals surface area (Å²) < 4.78 is 16.7. The molecular formula is C11H11BrO5. The maximum absolute atomic E-state index is 10.9. The fraction of sp³-hybridized carbons (Fsp3) is 0.364. The highest BCUT2D eigenvalue weighted by Gasteiger charge is 2.24. The van der Waals surface area contributed by atoms with Gasteiger partial charge in [0.15, 0.2) is 11.5 Å². The molecule has 5 nitrogen and oxygen atoms in total. The Bertz CT molecular complexity index is 458. The van der Waals surface area contributed by atoms with Gasteiger partial charge in [-0.05, 0) is 15.9 Å². The molecule has 0 atom stereocenters. The van der Waals surface area contributed by atoms with Crippen LogP contribution in [0, 0.1) is 0 Å². The van der Waals surface area contributed by atoms with Crippen LogP contribution < -0.4 is 14.2 Å². The first-order valence-electron chi connectivity index (χ1n) is 5.00. The van der Waals surface area contributed by atoms with Gasteiger partial charge in [0.25, 0.3) is 0 Å². The maximum atomic E-state index is 10.9. The van der Waals surface area contributed by atoms with Gasteiger partial charge in [-0.3, -0.25) is 4.79 Å². The minimum Gasteiger partial charge on any atom is -0.495 e. The molecule has 0 unspecified atom stereocenters. The fourth-order valence-electron chi connectivity index (χ4n) is 1.74. The molecular weight excluding hydrogens is 292 g/mol. The van der Waals surface area contributed by atoms with Crippen molar-refractivity contribution in [1.82, 2.24) is 0 Å². The molecule has 0 spiro atoms. The zero-order valence-electron chi connectivity index (χ0n) is 9.16. The molecule has 1 aromatic carbocycles. The molecule has 92 valence electrons. The quantitative estimate of drug-likeness (QED) is 0.923. The van der Waals surface area contributed by atoms with Crippen LogP contribution in [0.25, 0.3) is 0 Å². The number of methoxy groups -OCH3 is 1. The molecule has 1 aliphatic heterocycles. The number of ether oxygens (including phenoxy) is 3. The summed E-state index contributed by atoms with van der Waals surface area (Å²) in [5.41, 5.74) is 0.490.